The standard InChI is InChI=1S/4C5H6N2.4C2H6.CH4/c1-5-2-6-4-7-3-5;1-5-4-6-2-3-7-5;1-5-2-3-6-4-7-5;1-5-6-3-2-4-7-5;4*1-2;/h4*2-4H,1H3;4*1-2H3;1H4. The van der Waals surface area contributed by atoms with Crippen LogP contribution in [0, 0.1) is 27.7 Å². The van der Waals surface area contributed by atoms with Gasteiger partial charge < -0.3 is 0 Å². The maximum absolute atomic E-state index is 3.92. The van der Waals surface area contributed by atoms with Crippen LogP contribution >= 0.6 is 0 Å². The third kappa shape index (κ3) is 37.0. The van der Waals surface area contributed by atoms with Crippen molar-refractivity contribution in [2.75, 3.05) is 0 Å². The molecule has 4 aromatic heterocycles. The summed E-state index contributed by atoms with van der Waals surface area (Å²) < 4.78 is 0. The second kappa shape index (κ2) is 39.5. The highest BCUT2D eigenvalue weighted by atomic mass is 14.8. The summed E-state index contributed by atoms with van der Waals surface area (Å²) in [6, 6.07) is 3.66. The van der Waals surface area contributed by atoms with Crippen LogP contribution in [-0.2, 0) is 0 Å². The van der Waals surface area contributed by atoms with E-state index in [1.54, 1.807) is 55.6 Å². The Morgan fingerprint density at radius 2 is 1.00 bits per heavy atom. The molecular weight excluding hydrogens is 460 g/mol. The van der Waals surface area contributed by atoms with Crippen molar-refractivity contribution in [3.63, 3.8) is 0 Å². The third-order valence-corrected chi connectivity index (χ3v) is 2.81. The van der Waals surface area contributed by atoms with Gasteiger partial charge in [0.2, 0.25) is 0 Å². The van der Waals surface area contributed by atoms with Crippen LogP contribution in [0.1, 0.15) is 85.6 Å². The van der Waals surface area contributed by atoms with E-state index in [1.807, 2.05) is 89.2 Å². The van der Waals surface area contributed by atoms with Crippen molar-refractivity contribution in [3.8, 4) is 0 Å². The first kappa shape index (κ1) is 43.4. The molecule has 37 heavy (non-hydrogen) atoms. The summed E-state index contributed by atoms with van der Waals surface area (Å²) in [6.45, 7) is 23.7. The topological polar surface area (TPSA) is 103 Å². The van der Waals surface area contributed by atoms with Crippen LogP contribution in [-0.4, -0.2) is 39.9 Å². The van der Waals surface area contributed by atoms with E-state index in [2.05, 4.69) is 39.9 Å². The Morgan fingerprint density at radius 1 is 0.459 bits per heavy atom. The van der Waals surface area contributed by atoms with Gasteiger partial charge in [-0.25, -0.2) is 29.9 Å². The van der Waals surface area contributed by atoms with Crippen LogP contribution < -0.4 is 0 Å². The van der Waals surface area contributed by atoms with Gasteiger partial charge >= 0.3 is 0 Å². The summed E-state index contributed by atoms with van der Waals surface area (Å²) >= 11 is 0. The van der Waals surface area contributed by atoms with Gasteiger partial charge in [0.15, 0.2) is 0 Å². The number of nitrogens with zero attached hydrogens (tertiary/aromatic N) is 8. The molecule has 0 fully saturated rings. The molecule has 0 radical (unpaired) electrons. The summed E-state index contributed by atoms with van der Waals surface area (Å²) in [4.78, 5) is 30.6. The van der Waals surface area contributed by atoms with Gasteiger partial charge in [0.1, 0.15) is 18.5 Å². The fraction of sp³-hybridized carbons (Fsp3) is 0.448. The molecule has 0 N–H and O–H groups in total. The van der Waals surface area contributed by atoms with E-state index < -0.39 is 0 Å². The lowest BCUT2D eigenvalue weighted by Gasteiger charge is -1.81. The zero-order valence-electron chi connectivity index (χ0n) is 24.5. The van der Waals surface area contributed by atoms with E-state index >= 15 is 0 Å². The summed E-state index contributed by atoms with van der Waals surface area (Å²) in [5, 5.41) is 0. The second-order valence-corrected chi connectivity index (χ2v) is 5.41. The molecule has 0 saturated heterocycles. The van der Waals surface area contributed by atoms with Crippen LogP contribution in [0.25, 0.3) is 0 Å². The third-order valence-electron chi connectivity index (χ3n) is 2.81. The summed E-state index contributed by atoms with van der Waals surface area (Å²) in [7, 11) is 0. The maximum Gasteiger partial charge on any atom is 0.125 e. The molecule has 0 aliphatic carbocycles. The van der Waals surface area contributed by atoms with Gasteiger partial charge in [-0.15, -0.1) is 0 Å². The number of hydrogen-bond donors (Lipinski definition) is 0. The van der Waals surface area contributed by atoms with E-state index in [9.17, 15) is 0 Å². The molecule has 4 rings (SSSR count). The molecule has 4 aromatic rings. The van der Waals surface area contributed by atoms with Gasteiger partial charge in [0.05, 0.1) is 5.69 Å². The van der Waals surface area contributed by atoms with E-state index in [4.69, 9.17) is 0 Å². The van der Waals surface area contributed by atoms with E-state index in [-0.39, 0.29) is 7.43 Å². The van der Waals surface area contributed by atoms with Crippen molar-refractivity contribution in [1.82, 2.24) is 39.9 Å². The normalized spacial score (nSPS) is 7.24. The molecule has 0 bridgehead atoms. The minimum atomic E-state index is 0. The van der Waals surface area contributed by atoms with Gasteiger partial charge in [-0.2, -0.15) is 0 Å². The zero-order chi connectivity index (χ0) is 28.5. The van der Waals surface area contributed by atoms with Crippen LogP contribution in [0.2, 0.25) is 0 Å². The van der Waals surface area contributed by atoms with Gasteiger partial charge in [0.25, 0.3) is 0 Å². The Hall–Kier alpha value is -3.68. The first-order chi connectivity index (χ1) is 17.6. The fourth-order valence-corrected chi connectivity index (χ4v) is 1.48. The van der Waals surface area contributed by atoms with E-state index in [0.717, 1.165) is 22.8 Å². The second-order valence-electron chi connectivity index (χ2n) is 5.41. The molecule has 0 spiro atoms. The quantitative estimate of drug-likeness (QED) is 0.234. The number of hydrogen-bond acceptors (Lipinski definition) is 8. The Bertz CT molecular complexity index is 698. The summed E-state index contributed by atoms with van der Waals surface area (Å²) in [5.74, 6) is 0.822. The lowest BCUT2D eigenvalue weighted by atomic mass is 10.4. The lowest BCUT2D eigenvalue weighted by molar-refractivity contribution is 1.05. The average molecular weight is 513 g/mol. The van der Waals surface area contributed by atoms with Gasteiger partial charge in [0, 0.05) is 55.3 Å². The molecule has 0 atom stereocenters. The van der Waals surface area contributed by atoms with E-state index in [0.29, 0.717) is 0 Å². The van der Waals surface area contributed by atoms with Crippen LogP contribution in [0.15, 0.2) is 74.4 Å². The molecule has 0 aliphatic rings. The minimum Gasteiger partial charge on any atom is -0.261 e. The van der Waals surface area contributed by atoms with Crippen LogP contribution in [0.5, 0.6) is 0 Å². The van der Waals surface area contributed by atoms with Gasteiger partial charge in [-0.05, 0) is 45.4 Å². The summed E-state index contributed by atoms with van der Waals surface area (Å²) in [5.41, 5.74) is 3.07. The molecule has 4 heterocycles. The molecule has 0 aromatic carbocycles. The predicted octanol–water partition coefficient (Wildman–Crippen LogP) is 7.88. The van der Waals surface area contributed by atoms with Crippen molar-refractivity contribution in [3.05, 3.63) is 97.1 Å². The van der Waals surface area contributed by atoms with Crippen molar-refractivity contribution < 1.29 is 0 Å². The van der Waals surface area contributed by atoms with Crippen LogP contribution in [0.4, 0.5) is 0 Å². The Morgan fingerprint density at radius 3 is 1.22 bits per heavy atom. The van der Waals surface area contributed by atoms with Crippen molar-refractivity contribution in [2.45, 2.75) is 90.5 Å². The van der Waals surface area contributed by atoms with Gasteiger partial charge in [-0.1, -0.05) is 62.8 Å². The Kier molecular flexibility index (Phi) is 46.4. The largest absolute Gasteiger partial charge is 0.261 e. The number of rotatable bonds is 0. The van der Waals surface area contributed by atoms with Crippen molar-refractivity contribution >= 4 is 0 Å². The highest BCUT2D eigenvalue weighted by Crippen LogP contribution is 1.84. The molecular formula is C29H52N8. The molecule has 8 heteroatoms. The Balaban J connectivity index is -0.000000112. The molecule has 0 saturated carbocycles. The minimum absolute atomic E-state index is 0. The first-order valence-corrected chi connectivity index (χ1v) is 12.5. The van der Waals surface area contributed by atoms with E-state index in [1.165, 1.54) is 12.7 Å². The fourth-order valence-electron chi connectivity index (χ4n) is 1.48. The van der Waals surface area contributed by atoms with Crippen LogP contribution in [0.3, 0.4) is 0 Å². The lowest BCUT2D eigenvalue weighted by Crippen LogP contribution is -1.80. The first-order valence-electron chi connectivity index (χ1n) is 12.5. The van der Waals surface area contributed by atoms with Gasteiger partial charge in [-0.3, -0.25) is 9.97 Å². The molecule has 208 valence electrons. The van der Waals surface area contributed by atoms with Crippen molar-refractivity contribution in [2.24, 2.45) is 0 Å². The maximum atomic E-state index is 3.92. The highest BCUT2D eigenvalue weighted by molar-refractivity contribution is 4.97. The molecule has 0 amide bonds. The molecule has 0 aliphatic heterocycles. The smallest absolute Gasteiger partial charge is 0.125 e. The molecule has 0 unspecified atom stereocenters. The summed E-state index contributed by atoms with van der Waals surface area (Å²) in [6.07, 6.45) is 16.8. The monoisotopic (exact) mass is 512 g/mol. The zero-order valence-corrected chi connectivity index (χ0v) is 24.5. The average Bonchev–Trinajstić information content (AvgIpc) is 2.96. The molecule has 8 nitrogen and oxygen atoms in total. The SMILES string of the molecule is C.CC.CC.CC.CC.Cc1ccncn1.Cc1cnccn1.Cc1cncnc1.Cc1ncccn1. The number of aromatic nitrogens is 8. The van der Waals surface area contributed by atoms with Crippen molar-refractivity contribution in [1.29, 1.82) is 0 Å². The number of aryl methyl sites for hydroxylation is 4. The Labute approximate surface area is 227 Å². The highest BCUT2D eigenvalue weighted by Gasteiger charge is 1.76. The predicted molar refractivity (Wildman–Crippen MR) is 159 cm³/mol.